The predicted octanol–water partition coefficient (Wildman–Crippen LogP) is 2.52. The molecule has 0 unspecified atom stereocenters. The molecular formula is C21H26N2O3. The van der Waals surface area contributed by atoms with Gasteiger partial charge in [-0.15, -0.1) is 0 Å². The molecular weight excluding hydrogens is 328 g/mol. The first-order valence-electron chi connectivity index (χ1n) is 9.57. The topological polar surface area (TPSA) is 42.0 Å². The molecule has 5 aliphatic rings. The summed E-state index contributed by atoms with van der Waals surface area (Å²) in [6.07, 6.45) is 3.91. The largest absolute Gasteiger partial charge is 0.376 e. The van der Waals surface area contributed by atoms with Gasteiger partial charge in [0.05, 0.1) is 25.5 Å². The van der Waals surface area contributed by atoms with Crippen LogP contribution in [0.25, 0.3) is 0 Å². The summed E-state index contributed by atoms with van der Waals surface area (Å²) in [4.78, 5) is 21.6. The lowest BCUT2D eigenvalue weighted by atomic mass is 9.72. The molecule has 4 fully saturated rings. The van der Waals surface area contributed by atoms with Crippen LogP contribution in [0.4, 0.5) is 5.69 Å². The molecule has 1 aliphatic carbocycles. The van der Waals surface area contributed by atoms with Crippen molar-refractivity contribution < 1.29 is 14.4 Å². The standard InChI is InChI=1S/C21H26N2O3/c1-4-13-11-22(2)18-10-21(19-9-14(13)15(18)12-26-19)16-7-5-6-8-17(16)23(25-3)20(21)24/h4-8,14-15,18-19H,9-12H2,1-3H3/t14-,15-,18-,19+,21-/m0/s1. The number of benzene rings is 1. The number of hydrogen-bond acceptors (Lipinski definition) is 4. The molecule has 5 heteroatoms. The van der Waals surface area contributed by atoms with Gasteiger partial charge in [-0.2, -0.15) is 5.06 Å². The second-order valence-electron chi connectivity index (χ2n) is 8.15. The summed E-state index contributed by atoms with van der Waals surface area (Å²) in [7, 11) is 3.77. The van der Waals surface area contributed by atoms with Gasteiger partial charge in [0.15, 0.2) is 0 Å². The Morgan fingerprint density at radius 3 is 2.92 bits per heavy atom. The van der Waals surface area contributed by atoms with Crippen LogP contribution in [0, 0.1) is 11.8 Å². The third-order valence-electron chi connectivity index (χ3n) is 7.25. The molecule has 1 aromatic rings. The van der Waals surface area contributed by atoms with Gasteiger partial charge in [-0.1, -0.05) is 29.8 Å². The Labute approximate surface area is 154 Å². The lowest BCUT2D eigenvalue weighted by molar-refractivity contribution is -0.137. The van der Waals surface area contributed by atoms with Crippen molar-refractivity contribution in [2.45, 2.75) is 37.3 Å². The minimum Gasteiger partial charge on any atom is -0.376 e. The van der Waals surface area contributed by atoms with E-state index in [-0.39, 0.29) is 12.0 Å². The van der Waals surface area contributed by atoms with Crippen molar-refractivity contribution in [2.75, 3.05) is 32.4 Å². The number of carbonyl (C=O) groups is 1. The molecule has 5 atom stereocenters. The van der Waals surface area contributed by atoms with E-state index in [0.717, 1.165) is 37.2 Å². The Morgan fingerprint density at radius 2 is 2.15 bits per heavy atom. The van der Waals surface area contributed by atoms with E-state index in [2.05, 4.69) is 31.0 Å². The van der Waals surface area contributed by atoms with Crippen molar-refractivity contribution in [3.05, 3.63) is 41.5 Å². The van der Waals surface area contributed by atoms with Crippen LogP contribution >= 0.6 is 0 Å². The first-order valence-corrected chi connectivity index (χ1v) is 9.57. The second kappa shape index (κ2) is 5.65. The maximum Gasteiger partial charge on any atom is 0.264 e. The van der Waals surface area contributed by atoms with Gasteiger partial charge in [-0.25, -0.2) is 0 Å². The van der Waals surface area contributed by atoms with E-state index in [0.29, 0.717) is 17.9 Å². The molecule has 0 N–H and O–H groups in total. The number of carbonyl (C=O) groups excluding carboxylic acids is 1. The number of nitrogens with zero attached hydrogens (tertiary/aromatic N) is 2. The Hall–Kier alpha value is -1.69. The van der Waals surface area contributed by atoms with Crippen molar-refractivity contribution >= 4 is 11.6 Å². The third-order valence-corrected chi connectivity index (χ3v) is 7.25. The minimum absolute atomic E-state index is 0.0369. The van der Waals surface area contributed by atoms with Crippen molar-refractivity contribution in [2.24, 2.45) is 11.8 Å². The molecule has 4 heterocycles. The van der Waals surface area contributed by atoms with Crippen molar-refractivity contribution in [3.8, 4) is 0 Å². The number of likely N-dealkylation sites (N-methyl/N-ethyl adjacent to an activating group) is 1. The number of piperidine rings is 1. The highest BCUT2D eigenvalue weighted by Gasteiger charge is 2.63. The van der Waals surface area contributed by atoms with Gasteiger partial charge in [-0.05, 0) is 44.4 Å². The summed E-state index contributed by atoms with van der Waals surface area (Å²) >= 11 is 0. The van der Waals surface area contributed by atoms with E-state index >= 15 is 0 Å². The van der Waals surface area contributed by atoms with Crippen molar-refractivity contribution in [3.63, 3.8) is 0 Å². The highest BCUT2D eigenvalue weighted by atomic mass is 16.7. The molecule has 0 radical (unpaired) electrons. The van der Waals surface area contributed by atoms with E-state index < -0.39 is 5.41 Å². The van der Waals surface area contributed by atoms with Gasteiger partial charge in [0.25, 0.3) is 5.91 Å². The monoisotopic (exact) mass is 354 g/mol. The summed E-state index contributed by atoms with van der Waals surface area (Å²) in [5.74, 6) is 1.03. The van der Waals surface area contributed by atoms with E-state index in [1.807, 2.05) is 18.2 Å². The van der Waals surface area contributed by atoms with Crippen LogP contribution in [0.3, 0.4) is 0 Å². The molecule has 3 saturated heterocycles. The first-order chi connectivity index (χ1) is 12.6. The van der Waals surface area contributed by atoms with Gasteiger partial charge < -0.3 is 4.74 Å². The SMILES string of the molecule is CC=C1CN(C)[C@H]2C[C@@]3(C(=O)N(OC)c4ccccc43)[C@H]3C[C@@H]1[C@@H]2CO3. The average Bonchev–Trinajstić information content (AvgIpc) is 2.77. The zero-order valence-electron chi connectivity index (χ0n) is 15.6. The van der Waals surface area contributed by atoms with E-state index in [1.54, 1.807) is 7.11 Å². The highest BCUT2D eigenvalue weighted by Crippen LogP contribution is 2.57. The molecule has 4 bridgehead atoms. The number of hydrogen-bond donors (Lipinski definition) is 0. The van der Waals surface area contributed by atoms with Crippen LogP contribution in [-0.4, -0.2) is 50.3 Å². The molecule has 138 valence electrons. The summed E-state index contributed by atoms with van der Waals surface area (Å²) < 4.78 is 6.38. The smallest absolute Gasteiger partial charge is 0.264 e. The van der Waals surface area contributed by atoms with Crippen LogP contribution in [0.15, 0.2) is 35.9 Å². The number of anilines is 1. The lowest BCUT2D eigenvalue weighted by Crippen LogP contribution is -2.50. The summed E-state index contributed by atoms with van der Waals surface area (Å²) in [6.45, 7) is 3.88. The number of likely N-dealkylation sites (tertiary alicyclic amines) is 1. The maximum atomic E-state index is 13.6. The number of fused-ring (bicyclic) bond motifs is 2. The number of hydroxylamine groups is 1. The molecule has 6 rings (SSSR count). The van der Waals surface area contributed by atoms with Crippen LogP contribution in [0.2, 0.25) is 0 Å². The van der Waals surface area contributed by atoms with Gasteiger partial charge >= 0.3 is 0 Å². The highest BCUT2D eigenvalue weighted by molar-refractivity contribution is 6.07. The van der Waals surface area contributed by atoms with Crippen molar-refractivity contribution in [1.29, 1.82) is 0 Å². The zero-order valence-corrected chi connectivity index (χ0v) is 15.6. The Kier molecular flexibility index (Phi) is 3.58. The second-order valence-corrected chi connectivity index (χ2v) is 8.15. The number of allylic oxidation sites excluding steroid dienone is 1. The fourth-order valence-electron chi connectivity index (χ4n) is 6.01. The van der Waals surface area contributed by atoms with Gasteiger partial charge in [0.2, 0.25) is 0 Å². The molecule has 4 aliphatic heterocycles. The molecule has 1 aromatic carbocycles. The predicted molar refractivity (Wildman–Crippen MR) is 98.7 cm³/mol. The van der Waals surface area contributed by atoms with Gasteiger partial charge in [0, 0.05) is 18.5 Å². The molecule has 26 heavy (non-hydrogen) atoms. The number of amides is 1. The fraction of sp³-hybridized carbons (Fsp3) is 0.571. The van der Waals surface area contributed by atoms with E-state index in [1.165, 1.54) is 10.6 Å². The molecule has 0 aromatic heterocycles. The maximum absolute atomic E-state index is 13.6. The first kappa shape index (κ1) is 16.5. The molecule has 1 amide bonds. The summed E-state index contributed by atoms with van der Waals surface area (Å²) in [5.41, 5.74) is 2.80. The third kappa shape index (κ3) is 1.89. The summed E-state index contributed by atoms with van der Waals surface area (Å²) in [6, 6.07) is 8.42. The Balaban J connectivity index is 1.70. The average molecular weight is 354 g/mol. The lowest BCUT2D eigenvalue weighted by Gasteiger charge is -2.46. The Morgan fingerprint density at radius 1 is 1.35 bits per heavy atom. The minimum atomic E-state index is -0.641. The van der Waals surface area contributed by atoms with Gasteiger partial charge in [0.1, 0.15) is 5.41 Å². The normalized spacial score (nSPS) is 40.3. The molecule has 5 nitrogen and oxygen atoms in total. The van der Waals surface area contributed by atoms with Gasteiger partial charge in [-0.3, -0.25) is 14.5 Å². The zero-order chi connectivity index (χ0) is 18.1. The van der Waals surface area contributed by atoms with E-state index in [9.17, 15) is 4.79 Å². The number of rotatable bonds is 1. The van der Waals surface area contributed by atoms with Crippen molar-refractivity contribution in [1.82, 2.24) is 4.90 Å². The summed E-state index contributed by atoms with van der Waals surface area (Å²) in [5, 5.41) is 1.48. The molecule has 1 saturated carbocycles. The molecule has 1 spiro atoms. The quantitative estimate of drug-likeness (QED) is 0.727. The fourth-order valence-corrected chi connectivity index (χ4v) is 6.01. The van der Waals surface area contributed by atoms with Crippen LogP contribution < -0.4 is 5.06 Å². The van der Waals surface area contributed by atoms with Crippen LogP contribution in [0.5, 0.6) is 0 Å². The Bertz CT molecular complexity index is 791. The number of ether oxygens (including phenoxy) is 1. The van der Waals surface area contributed by atoms with Crippen LogP contribution in [-0.2, 0) is 19.8 Å². The van der Waals surface area contributed by atoms with Crippen LogP contribution in [0.1, 0.15) is 25.3 Å². The van der Waals surface area contributed by atoms with E-state index in [4.69, 9.17) is 9.57 Å². The number of para-hydroxylation sites is 1.